The third-order valence-corrected chi connectivity index (χ3v) is 5.73. The molecule has 29 heavy (non-hydrogen) atoms. The monoisotopic (exact) mass is 393 g/mol. The quantitative estimate of drug-likeness (QED) is 0.497. The largest absolute Gasteiger partial charge is 0.464 e. The zero-order chi connectivity index (χ0) is 20.5. The molecule has 0 spiro atoms. The van der Waals surface area contributed by atoms with Gasteiger partial charge in [0.25, 0.3) is 5.69 Å². The van der Waals surface area contributed by atoms with Gasteiger partial charge in [-0.1, -0.05) is 24.3 Å². The first-order valence-corrected chi connectivity index (χ1v) is 9.68. The lowest BCUT2D eigenvalue weighted by atomic mass is 10.0. The maximum absolute atomic E-state index is 12.8. The number of rotatable bonds is 4. The summed E-state index contributed by atoms with van der Waals surface area (Å²) in [5.74, 6) is 0.0492. The second kappa shape index (κ2) is 7.58. The van der Waals surface area contributed by atoms with E-state index in [4.69, 9.17) is 4.42 Å². The van der Waals surface area contributed by atoms with Gasteiger partial charge in [-0.15, -0.1) is 0 Å². The Kier molecular flexibility index (Phi) is 4.96. The van der Waals surface area contributed by atoms with Crippen LogP contribution in [0.5, 0.6) is 0 Å². The molecule has 3 aromatic rings. The van der Waals surface area contributed by atoms with Crippen LogP contribution < -0.4 is 4.90 Å². The van der Waals surface area contributed by atoms with Crippen molar-refractivity contribution in [2.75, 3.05) is 31.1 Å². The van der Waals surface area contributed by atoms with E-state index in [9.17, 15) is 14.9 Å². The van der Waals surface area contributed by atoms with Crippen molar-refractivity contribution in [2.45, 2.75) is 20.3 Å². The molecule has 1 aromatic heterocycles. The van der Waals surface area contributed by atoms with Crippen LogP contribution in [0.2, 0.25) is 0 Å². The minimum Gasteiger partial charge on any atom is -0.464 e. The zero-order valence-electron chi connectivity index (χ0n) is 16.6. The van der Waals surface area contributed by atoms with E-state index in [1.54, 1.807) is 24.5 Å². The first kappa shape index (κ1) is 19.0. The predicted molar refractivity (Wildman–Crippen MR) is 111 cm³/mol. The van der Waals surface area contributed by atoms with Crippen molar-refractivity contribution in [3.8, 4) is 0 Å². The highest BCUT2D eigenvalue weighted by atomic mass is 16.6. The Morgan fingerprint density at radius 3 is 2.55 bits per heavy atom. The van der Waals surface area contributed by atoms with Crippen LogP contribution >= 0.6 is 0 Å². The first-order chi connectivity index (χ1) is 14.0. The van der Waals surface area contributed by atoms with Gasteiger partial charge in [0.05, 0.1) is 17.6 Å². The topological polar surface area (TPSA) is 79.8 Å². The van der Waals surface area contributed by atoms with E-state index in [1.807, 2.05) is 35.8 Å². The van der Waals surface area contributed by atoms with Gasteiger partial charge in [-0.2, -0.15) is 0 Å². The summed E-state index contributed by atoms with van der Waals surface area (Å²) >= 11 is 0. The number of amides is 1. The number of carbonyl (C=O) groups is 1. The molecule has 2 aromatic carbocycles. The molecular formula is C22H23N3O4. The number of para-hydroxylation sites is 2. The van der Waals surface area contributed by atoms with Gasteiger partial charge < -0.3 is 14.2 Å². The van der Waals surface area contributed by atoms with Gasteiger partial charge in [-0.05, 0) is 31.0 Å². The van der Waals surface area contributed by atoms with Crippen molar-refractivity contribution in [1.29, 1.82) is 0 Å². The molecule has 4 rings (SSSR count). The summed E-state index contributed by atoms with van der Waals surface area (Å²) in [6.07, 6.45) is 1.97. The maximum Gasteiger partial charge on any atom is 0.292 e. The van der Waals surface area contributed by atoms with Crippen molar-refractivity contribution >= 4 is 28.3 Å². The summed E-state index contributed by atoms with van der Waals surface area (Å²) in [6.45, 7) is 6.28. The van der Waals surface area contributed by atoms with Crippen molar-refractivity contribution in [3.05, 3.63) is 69.5 Å². The standard InChI is InChI=1S/C22H23N3O4/c1-15-7-8-18-17(14-29-22(18)16(15)2)13-21(26)24-11-9-23(10-12-24)19-5-3-4-6-20(19)25(27)28/h3-8,14H,9-13H2,1-2H3. The highest BCUT2D eigenvalue weighted by Crippen LogP contribution is 2.29. The Morgan fingerprint density at radius 2 is 1.83 bits per heavy atom. The van der Waals surface area contributed by atoms with Crippen LogP contribution in [-0.2, 0) is 11.2 Å². The molecule has 0 bridgehead atoms. The second-order valence-corrected chi connectivity index (χ2v) is 7.44. The fourth-order valence-electron chi connectivity index (χ4n) is 3.88. The molecule has 0 atom stereocenters. The average molecular weight is 393 g/mol. The van der Waals surface area contributed by atoms with Crippen LogP contribution in [0.1, 0.15) is 16.7 Å². The first-order valence-electron chi connectivity index (χ1n) is 9.68. The number of nitro groups is 1. The Balaban J connectivity index is 1.44. The van der Waals surface area contributed by atoms with E-state index in [2.05, 4.69) is 0 Å². The number of nitrogens with zero attached hydrogens (tertiary/aromatic N) is 3. The Morgan fingerprint density at radius 1 is 1.10 bits per heavy atom. The minimum absolute atomic E-state index is 0.0492. The molecule has 0 aliphatic carbocycles. The molecule has 0 saturated carbocycles. The summed E-state index contributed by atoms with van der Waals surface area (Å²) in [5, 5.41) is 12.3. The fourth-order valence-corrected chi connectivity index (χ4v) is 3.88. The lowest BCUT2D eigenvalue weighted by molar-refractivity contribution is -0.384. The molecule has 2 heterocycles. The molecule has 7 nitrogen and oxygen atoms in total. The molecule has 0 radical (unpaired) electrons. The number of aryl methyl sites for hydroxylation is 2. The van der Waals surface area contributed by atoms with E-state index >= 15 is 0 Å². The fraction of sp³-hybridized carbons (Fsp3) is 0.318. The van der Waals surface area contributed by atoms with Crippen molar-refractivity contribution in [1.82, 2.24) is 4.90 Å². The number of carbonyl (C=O) groups excluding carboxylic acids is 1. The highest BCUT2D eigenvalue weighted by Gasteiger charge is 2.26. The van der Waals surface area contributed by atoms with Gasteiger partial charge >= 0.3 is 0 Å². The number of anilines is 1. The third kappa shape index (κ3) is 3.55. The van der Waals surface area contributed by atoms with Crippen molar-refractivity contribution in [2.24, 2.45) is 0 Å². The van der Waals surface area contributed by atoms with E-state index < -0.39 is 0 Å². The molecule has 150 valence electrons. The molecule has 1 aliphatic rings. The minimum atomic E-state index is -0.361. The lowest BCUT2D eigenvalue weighted by Gasteiger charge is -2.35. The number of benzene rings is 2. The van der Waals surface area contributed by atoms with Crippen LogP contribution in [0.25, 0.3) is 11.0 Å². The molecule has 1 saturated heterocycles. The lowest BCUT2D eigenvalue weighted by Crippen LogP contribution is -2.49. The van der Waals surface area contributed by atoms with Gasteiger partial charge in [-0.25, -0.2) is 0 Å². The average Bonchev–Trinajstić information content (AvgIpc) is 3.14. The van der Waals surface area contributed by atoms with Gasteiger partial charge in [0.1, 0.15) is 11.3 Å². The molecular weight excluding hydrogens is 370 g/mol. The van der Waals surface area contributed by atoms with Crippen molar-refractivity contribution in [3.63, 3.8) is 0 Å². The van der Waals surface area contributed by atoms with Crippen LogP contribution in [0.3, 0.4) is 0 Å². The van der Waals surface area contributed by atoms with Crippen LogP contribution in [0.15, 0.2) is 47.1 Å². The molecule has 0 N–H and O–H groups in total. The van der Waals surface area contributed by atoms with E-state index in [-0.39, 0.29) is 16.5 Å². The third-order valence-electron chi connectivity index (χ3n) is 5.73. The number of fused-ring (bicyclic) bond motifs is 1. The van der Waals surface area contributed by atoms with Crippen molar-refractivity contribution < 1.29 is 14.1 Å². The van der Waals surface area contributed by atoms with E-state index in [0.717, 1.165) is 27.7 Å². The molecule has 0 unspecified atom stereocenters. The van der Waals surface area contributed by atoms with Gasteiger partial charge in [0.15, 0.2) is 0 Å². The molecule has 1 amide bonds. The number of piperazine rings is 1. The summed E-state index contributed by atoms with van der Waals surface area (Å²) < 4.78 is 5.72. The summed E-state index contributed by atoms with van der Waals surface area (Å²) in [5.41, 5.74) is 4.71. The molecule has 1 aliphatic heterocycles. The van der Waals surface area contributed by atoms with Gasteiger partial charge in [0, 0.05) is 43.2 Å². The van der Waals surface area contributed by atoms with E-state index in [0.29, 0.717) is 38.3 Å². The molecule has 1 fully saturated rings. The highest BCUT2D eigenvalue weighted by molar-refractivity contribution is 5.89. The smallest absolute Gasteiger partial charge is 0.292 e. The van der Waals surface area contributed by atoms with Gasteiger partial charge in [0.2, 0.25) is 5.91 Å². The number of furan rings is 1. The Labute approximate surface area is 168 Å². The summed E-state index contributed by atoms with van der Waals surface area (Å²) in [4.78, 5) is 27.5. The summed E-state index contributed by atoms with van der Waals surface area (Å²) in [6, 6.07) is 10.8. The summed E-state index contributed by atoms with van der Waals surface area (Å²) in [7, 11) is 0. The molecule has 7 heteroatoms. The normalized spacial score (nSPS) is 14.4. The maximum atomic E-state index is 12.8. The number of hydrogen-bond acceptors (Lipinski definition) is 5. The van der Waals surface area contributed by atoms with E-state index in [1.165, 1.54) is 6.07 Å². The van der Waals surface area contributed by atoms with Crippen LogP contribution in [-0.4, -0.2) is 41.9 Å². The van der Waals surface area contributed by atoms with Crippen LogP contribution in [0, 0.1) is 24.0 Å². The number of nitro benzene ring substituents is 1. The SMILES string of the molecule is Cc1ccc2c(CC(=O)N3CCN(c4ccccc4[N+](=O)[O-])CC3)coc2c1C. The Bertz CT molecular complexity index is 1080. The second-order valence-electron chi connectivity index (χ2n) is 7.44. The van der Waals surface area contributed by atoms with Gasteiger partial charge in [-0.3, -0.25) is 14.9 Å². The van der Waals surface area contributed by atoms with Crippen LogP contribution in [0.4, 0.5) is 11.4 Å². The number of hydrogen-bond donors (Lipinski definition) is 0. The Hall–Kier alpha value is -3.35. The predicted octanol–water partition coefficient (Wildman–Crippen LogP) is 3.85. The zero-order valence-corrected chi connectivity index (χ0v) is 16.6.